The molecular formula is C36H43N3O9. The number of nitrogens with two attached hydrogens (primary N) is 1. The number of hydrogen-bond acceptors (Lipinski definition) is 11. The molecule has 6 rings (SSSR count). The van der Waals surface area contributed by atoms with Crippen LogP contribution in [-0.2, 0) is 16.1 Å². The number of nitrogens with zero attached hydrogens (tertiary/aromatic N) is 2. The van der Waals surface area contributed by atoms with Crippen molar-refractivity contribution in [3.63, 3.8) is 0 Å². The number of rotatable bonds is 6. The molecule has 0 unspecified atom stereocenters. The Bertz CT molecular complexity index is 1830. The largest absolute Gasteiger partial charge is 0.510 e. The highest BCUT2D eigenvalue weighted by Gasteiger charge is 2.76. The van der Waals surface area contributed by atoms with E-state index in [1.54, 1.807) is 27.0 Å². The van der Waals surface area contributed by atoms with E-state index < -0.39 is 74.6 Å². The molecule has 7 N–H and O–H groups in total. The number of phenolic OH excluding ortho intramolecular Hbond substituents is 1. The Balaban J connectivity index is 1.61. The number of likely N-dealkylation sites (N-methyl/N-ethyl adjacent to an activating group) is 1. The highest BCUT2D eigenvalue weighted by Crippen LogP contribution is 2.66. The number of ketones is 2. The molecule has 256 valence electrons. The number of hydrogen-bond donors (Lipinski definition) is 6. The van der Waals surface area contributed by atoms with Gasteiger partial charge in [0.2, 0.25) is 5.78 Å². The molecule has 1 aliphatic heterocycles. The van der Waals surface area contributed by atoms with Gasteiger partial charge in [0.15, 0.2) is 11.4 Å². The standard InChI is InChI=1S/C36H43N3O9/c1-17-23-20(18-9-12-22(48-6)19(15-18)16-39-13-7-8-14-39)10-11-21(40)24(23)27(41)26-31(44)36(47)30(43)25(32(37)45)28(42)29(38(4)5)35(36,3)33(46)34(17,26)2/h9-12,15,17,29,33,40,42,44,46-47H,7-8,13-14,16H2,1-6H3,(H2,37,45)/t17-,29+,33-,34+,35+,36+/m0/s1. The van der Waals surface area contributed by atoms with E-state index in [0.717, 1.165) is 37.1 Å². The third kappa shape index (κ3) is 4.12. The van der Waals surface area contributed by atoms with Crippen molar-refractivity contribution in [2.75, 3.05) is 34.3 Å². The molecule has 0 bridgehead atoms. The van der Waals surface area contributed by atoms with Crippen molar-refractivity contribution >= 4 is 17.5 Å². The average molecular weight is 662 g/mol. The molecule has 1 saturated heterocycles. The van der Waals surface area contributed by atoms with Crippen molar-refractivity contribution in [2.45, 2.75) is 63.8 Å². The Morgan fingerprint density at radius 3 is 2.31 bits per heavy atom. The lowest BCUT2D eigenvalue weighted by Crippen LogP contribution is -2.76. The van der Waals surface area contributed by atoms with Gasteiger partial charge in [-0.3, -0.25) is 24.2 Å². The molecule has 2 aromatic carbocycles. The Morgan fingerprint density at radius 1 is 1.08 bits per heavy atom. The van der Waals surface area contributed by atoms with Crippen molar-refractivity contribution in [2.24, 2.45) is 16.6 Å². The lowest BCUT2D eigenvalue weighted by Gasteiger charge is -2.63. The quantitative estimate of drug-likeness (QED) is 0.249. The number of fused-ring (bicyclic) bond motifs is 3. The second kappa shape index (κ2) is 11.2. The summed E-state index contributed by atoms with van der Waals surface area (Å²) in [6.45, 7) is 7.22. The molecule has 0 spiro atoms. The predicted molar refractivity (Wildman–Crippen MR) is 176 cm³/mol. The van der Waals surface area contributed by atoms with Crippen LogP contribution < -0.4 is 10.5 Å². The fraction of sp³-hybridized carbons (Fsp3) is 0.472. The summed E-state index contributed by atoms with van der Waals surface area (Å²) in [7, 11) is 4.63. The molecular weight excluding hydrogens is 618 g/mol. The number of aliphatic hydroxyl groups is 4. The van der Waals surface area contributed by atoms with Gasteiger partial charge in [0.05, 0.1) is 35.8 Å². The number of carbonyl (C=O) groups is 3. The lowest BCUT2D eigenvalue weighted by atomic mass is 9.43. The van der Waals surface area contributed by atoms with Gasteiger partial charge < -0.3 is 36.0 Å². The first-order valence-corrected chi connectivity index (χ1v) is 16.1. The van der Waals surface area contributed by atoms with E-state index in [0.29, 0.717) is 23.4 Å². The summed E-state index contributed by atoms with van der Waals surface area (Å²) in [5.74, 6) is -5.99. The van der Waals surface area contributed by atoms with Gasteiger partial charge in [0, 0.05) is 17.5 Å². The van der Waals surface area contributed by atoms with Gasteiger partial charge in [-0.2, -0.15) is 0 Å². The van der Waals surface area contributed by atoms with Crippen LogP contribution in [0.15, 0.2) is 53.0 Å². The molecule has 1 fully saturated rings. The van der Waals surface area contributed by atoms with Crippen molar-refractivity contribution in [1.82, 2.24) is 9.80 Å². The summed E-state index contributed by atoms with van der Waals surface area (Å²) in [6, 6.07) is 7.37. The summed E-state index contributed by atoms with van der Waals surface area (Å²) < 4.78 is 5.67. The first-order valence-electron chi connectivity index (χ1n) is 16.1. The number of primary amides is 1. The number of likely N-dealkylation sites (tertiary alicyclic amines) is 1. The minimum absolute atomic E-state index is 0.142. The van der Waals surface area contributed by atoms with E-state index in [9.17, 15) is 39.9 Å². The number of amides is 1. The summed E-state index contributed by atoms with van der Waals surface area (Å²) >= 11 is 0. The minimum Gasteiger partial charge on any atom is -0.510 e. The summed E-state index contributed by atoms with van der Waals surface area (Å²) in [5.41, 5.74) is -0.224. The Morgan fingerprint density at radius 2 is 1.73 bits per heavy atom. The van der Waals surface area contributed by atoms with Crippen LogP contribution in [0.1, 0.15) is 61.0 Å². The number of methoxy groups -OCH3 is 1. The zero-order valence-electron chi connectivity index (χ0n) is 28.0. The van der Waals surface area contributed by atoms with Crippen LogP contribution in [0.4, 0.5) is 0 Å². The maximum absolute atomic E-state index is 14.6. The van der Waals surface area contributed by atoms with E-state index in [1.165, 1.54) is 32.0 Å². The van der Waals surface area contributed by atoms with Crippen molar-refractivity contribution in [3.8, 4) is 22.6 Å². The fourth-order valence-corrected chi connectivity index (χ4v) is 9.11. The van der Waals surface area contributed by atoms with Crippen molar-refractivity contribution < 1.29 is 44.7 Å². The third-order valence-corrected chi connectivity index (χ3v) is 11.6. The molecule has 2 aromatic rings. The first-order chi connectivity index (χ1) is 22.5. The number of ether oxygens (including phenoxy) is 1. The van der Waals surface area contributed by atoms with Crippen LogP contribution in [0.2, 0.25) is 0 Å². The van der Waals surface area contributed by atoms with Gasteiger partial charge in [0.1, 0.15) is 28.6 Å². The highest BCUT2D eigenvalue weighted by molar-refractivity contribution is 6.25. The van der Waals surface area contributed by atoms with Gasteiger partial charge in [-0.25, -0.2) is 0 Å². The maximum Gasteiger partial charge on any atom is 0.255 e. The molecule has 12 heteroatoms. The van der Waals surface area contributed by atoms with E-state index in [-0.39, 0.29) is 11.3 Å². The number of Topliss-reactive ketones (excluding diaryl/α,β-unsaturated/α-hetero) is 2. The van der Waals surface area contributed by atoms with Crippen LogP contribution in [0.25, 0.3) is 11.1 Å². The second-order valence-corrected chi connectivity index (χ2v) is 14.2. The second-order valence-electron chi connectivity index (χ2n) is 14.2. The van der Waals surface area contributed by atoms with Crippen LogP contribution in [-0.4, -0.2) is 105 Å². The van der Waals surface area contributed by atoms with Gasteiger partial charge in [-0.1, -0.05) is 32.9 Å². The third-order valence-electron chi connectivity index (χ3n) is 11.6. The predicted octanol–water partition coefficient (Wildman–Crippen LogP) is 2.70. The topological polar surface area (TPSA) is 194 Å². The minimum atomic E-state index is -3.05. The number of aliphatic hydroxyl groups excluding tert-OH is 3. The first kappa shape index (κ1) is 33.7. The monoisotopic (exact) mass is 661 g/mol. The average Bonchev–Trinajstić information content (AvgIpc) is 3.54. The summed E-state index contributed by atoms with van der Waals surface area (Å²) in [4.78, 5) is 44.7. The SMILES string of the molecule is COc1ccc(-c2ccc(O)c3c2[C@H](C)[C@]2(C)C(=C(O)[C@]4(O)C(=O)C(C(N)=O)=C(O)[C@@H](N(C)C)[C@]4(C)[C@H]2O)C3=O)cc1CN1CCCC1. The summed E-state index contributed by atoms with van der Waals surface area (Å²) in [6.07, 6.45) is 0.447. The molecule has 4 aliphatic rings. The Labute approximate surface area is 278 Å². The lowest BCUT2D eigenvalue weighted by molar-refractivity contribution is -0.207. The molecule has 0 radical (unpaired) electrons. The molecule has 0 aromatic heterocycles. The van der Waals surface area contributed by atoms with Gasteiger partial charge in [-0.15, -0.1) is 0 Å². The number of benzene rings is 2. The van der Waals surface area contributed by atoms with Crippen LogP contribution >= 0.6 is 0 Å². The molecule has 6 atom stereocenters. The molecule has 3 aliphatic carbocycles. The van der Waals surface area contributed by atoms with E-state index in [2.05, 4.69) is 4.90 Å². The smallest absolute Gasteiger partial charge is 0.255 e. The van der Waals surface area contributed by atoms with Crippen molar-refractivity contribution in [1.29, 1.82) is 0 Å². The summed E-state index contributed by atoms with van der Waals surface area (Å²) in [5, 5.41) is 59.3. The fourth-order valence-electron chi connectivity index (χ4n) is 9.11. The highest BCUT2D eigenvalue weighted by atomic mass is 16.5. The number of carbonyl (C=O) groups excluding carboxylic acids is 3. The van der Waals surface area contributed by atoms with Gasteiger partial charge in [-0.05, 0) is 80.8 Å². The zero-order valence-corrected chi connectivity index (χ0v) is 28.0. The Kier molecular flexibility index (Phi) is 7.83. The van der Waals surface area contributed by atoms with Gasteiger partial charge in [0.25, 0.3) is 5.91 Å². The molecule has 48 heavy (non-hydrogen) atoms. The van der Waals surface area contributed by atoms with Crippen molar-refractivity contribution in [3.05, 3.63) is 69.7 Å². The number of phenols is 1. The molecule has 1 heterocycles. The number of aromatic hydroxyl groups is 1. The molecule has 12 nitrogen and oxygen atoms in total. The Hall–Kier alpha value is -4.23. The van der Waals surface area contributed by atoms with Crippen LogP contribution in [0.5, 0.6) is 11.5 Å². The van der Waals surface area contributed by atoms with E-state index in [1.807, 2.05) is 18.2 Å². The van der Waals surface area contributed by atoms with Crippen LogP contribution in [0.3, 0.4) is 0 Å². The normalized spacial score (nSPS) is 32.0. The molecule has 0 saturated carbocycles. The van der Waals surface area contributed by atoms with Crippen LogP contribution in [0, 0.1) is 10.8 Å². The van der Waals surface area contributed by atoms with Gasteiger partial charge >= 0.3 is 0 Å². The van der Waals surface area contributed by atoms with E-state index in [4.69, 9.17) is 10.5 Å². The maximum atomic E-state index is 14.6. The molecule has 1 amide bonds. The van der Waals surface area contributed by atoms with E-state index >= 15 is 0 Å². The zero-order chi connectivity index (χ0) is 35.2.